The lowest BCUT2D eigenvalue weighted by atomic mass is 10.0. The fourth-order valence-corrected chi connectivity index (χ4v) is 5.28. The molecule has 0 aromatic rings. The minimum Gasteiger partial charge on any atom is -0.391 e. The topological polar surface area (TPSA) is 131 Å². The molecular formula is C32H63N2O6P. The molecule has 0 aromatic carbocycles. The summed E-state index contributed by atoms with van der Waals surface area (Å²) < 4.78 is 21.9. The molecule has 3 atom stereocenters. The van der Waals surface area contributed by atoms with Gasteiger partial charge in [0.25, 0.3) is 0 Å². The summed E-state index contributed by atoms with van der Waals surface area (Å²) in [5.74, 6) is -0.181. The zero-order valence-electron chi connectivity index (χ0n) is 26.3. The molecule has 3 unspecified atom stereocenters. The van der Waals surface area contributed by atoms with Crippen LogP contribution in [0.15, 0.2) is 24.3 Å². The summed E-state index contributed by atoms with van der Waals surface area (Å²) in [5.41, 5.74) is 5.33. The quantitative estimate of drug-likeness (QED) is 0.0374. The standard InChI is InChI=1S/C32H63N2O6P/c1-3-5-7-9-11-13-14-15-16-18-20-22-24-26-32(36)34-30(29-40-41(37,38)39-28-27-33)31(35)25-23-21-19-17-12-10-8-6-4-2/h7,9,13-14,30-31,35H,3-6,8,10-12,15-29,33H2,1-2H3,(H,34,36)(H,37,38)/b9-7-,14-13-. The number of phosphoric acid groups is 1. The van der Waals surface area contributed by atoms with Crippen molar-refractivity contribution >= 4 is 13.7 Å². The minimum atomic E-state index is -4.30. The lowest BCUT2D eigenvalue weighted by molar-refractivity contribution is -0.123. The number of nitrogens with one attached hydrogen (secondary N) is 1. The number of rotatable bonds is 30. The van der Waals surface area contributed by atoms with Gasteiger partial charge in [-0.1, -0.05) is 122 Å². The monoisotopic (exact) mass is 602 g/mol. The lowest BCUT2D eigenvalue weighted by Crippen LogP contribution is -2.46. The Kier molecular flexibility index (Phi) is 28.3. The maximum absolute atomic E-state index is 12.6. The van der Waals surface area contributed by atoms with Gasteiger partial charge in [0, 0.05) is 13.0 Å². The van der Waals surface area contributed by atoms with E-state index in [2.05, 4.69) is 43.5 Å². The number of hydrogen-bond acceptors (Lipinski definition) is 6. The molecule has 0 aliphatic carbocycles. The van der Waals surface area contributed by atoms with Gasteiger partial charge in [-0.2, -0.15) is 0 Å². The van der Waals surface area contributed by atoms with Crippen LogP contribution in [0.2, 0.25) is 0 Å². The number of nitrogens with two attached hydrogens (primary N) is 1. The van der Waals surface area contributed by atoms with Crippen molar-refractivity contribution < 1.29 is 28.4 Å². The van der Waals surface area contributed by atoms with Gasteiger partial charge in [-0.3, -0.25) is 13.8 Å². The van der Waals surface area contributed by atoms with Crippen molar-refractivity contribution in [2.45, 2.75) is 154 Å². The second kappa shape index (κ2) is 29.1. The van der Waals surface area contributed by atoms with Crippen LogP contribution in [0.1, 0.15) is 142 Å². The Morgan fingerprint density at radius 3 is 2.02 bits per heavy atom. The second-order valence-corrected chi connectivity index (χ2v) is 12.5. The molecule has 0 heterocycles. The number of carbonyl (C=O) groups is 1. The molecule has 0 aliphatic rings. The van der Waals surface area contributed by atoms with Crippen LogP contribution in [-0.4, -0.2) is 47.8 Å². The highest BCUT2D eigenvalue weighted by Crippen LogP contribution is 2.43. The predicted octanol–water partition coefficient (Wildman–Crippen LogP) is 7.88. The van der Waals surface area contributed by atoms with Gasteiger partial charge in [0.05, 0.1) is 25.4 Å². The summed E-state index contributed by atoms with van der Waals surface area (Å²) in [7, 11) is -4.30. The van der Waals surface area contributed by atoms with Crippen LogP contribution < -0.4 is 11.1 Å². The van der Waals surface area contributed by atoms with E-state index in [0.29, 0.717) is 12.8 Å². The van der Waals surface area contributed by atoms with Crippen molar-refractivity contribution in [3.8, 4) is 0 Å². The van der Waals surface area contributed by atoms with Gasteiger partial charge >= 0.3 is 7.82 Å². The first-order chi connectivity index (χ1) is 19.9. The molecule has 1 amide bonds. The Labute approximate surface area is 251 Å². The maximum atomic E-state index is 12.6. The fourth-order valence-electron chi connectivity index (χ4n) is 4.52. The zero-order chi connectivity index (χ0) is 30.4. The Hall–Kier alpha value is -1.02. The molecule has 0 aromatic heterocycles. The van der Waals surface area contributed by atoms with Gasteiger partial charge in [-0.25, -0.2) is 4.57 Å². The Morgan fingerprint density at radius 1 is 0.805 bits per heavy atom. The first-order valence-corrected chi connectivity index (χ1v) is 17.9. The van der Waals surface area contributed by atoms with E-state index < -0.39 is 20.0 Å². The summed E-state index contributed by atoms with van der Waals surface area (Å²) in [4.78, 5) is 22.5. The van der Waals surface area contributed by atoms with E-state index >= 15 is 0 Å². The van der Waals surface area contributed by atoms with Gasteiger partial charge in [0.1, 0.15) is 0 Å². The summed E-state index contributed by atoms with van der Waals surface area (Å²) >= 11 is 0. The van der Waals surface area contributed by atoms with E-state index in [1.165, 1.54) is 44.9 Å². The average Bonchev–Trinajstić information content (AvgIpc) is 2.95. The molecule has 8 nitrogen and oxygen atoms in total. The SMILES string of the molecule is CCC/C=C\C/C=C\CCCCCCCC(=O)NC(COP(=O)(O)OCCN)C(O)CCCCCCCCCCC. The van der Waals surface area contributed by atoms with E-state index in [4.69, 9.17) is 14.8 Å². The maximum Gasteiger partial charge on any atom is 0.472 e. The third-order valence-electron chi connectivity index (χ3n) is 7.04. The zero-order valence-corrected chi connectivity index (χ0v) is 27.2. The normalized spacial score (nSPS) is 15.0. The van der Waals surface area contributed by atoms with E-state index in [1.54, 1.807) is 0 Å². The molecule has 0 bridgehead atoms. The third kappa shape index (κ3) is 27.6. The van der Waals surface area contributed by atoms with Gasteiger partial charge in [0.2, 0.25) is 5.91 Å². The molecule has 242 valence electrons. The van der Waals surface area contributed by atoms with Crippen molar-refractivity contribution in [3.05, 3.63) is 24.3 Å². The Bertz CT molecular complexity index is 704. The summed E-state index contributed by atoms with van der Waals surface area (Å²) in [5, 5.41) is 13.6. The van der Waals surface area contributed by atoms with Crippen LogP contribution in [0.4, 0.5) is 0 Å². The van der Waals surface area contributed by atoms with Crippen molar-refractivity contribution in [1.29, 1.82) is 0 Å². The first-order valence-electron chi connectivity index (χ1n) is 16.5. The lowest BCUT2D eigenvalue weighted by Gasteiger charge is -2.25. The Morgan fingerprint density at radius 2 is 1.39 bits per heavy atom. The van der Waals surface area contributed by atoms with E-state index in [1.807, 2.05) is 0 Å². The van der Waals surface area contributed by atoms with Gasteiger partial charge in [-0.05, 0) is 38.5 Å². The number of carbonyl (C=O) groups excluding carboxylic acids is 1. The second-order valence-electron chi connectivity index (χ2n) is 11.0. The average molecular weight is 603 g/mol. The molecule has 0 saturated carbocycles. The summed E-state index contributed by atoms with van der Waals surface area (Å²) in [6.07, 6.45) is 29.0. The Balaban J connectivity index is 4.35. The van der Waals surface area contributed by atoms with Crippen LogP contribution in [0.5, 0.6) is 0 Å². The molecule has 0 spiro atoms. The van der Waals surface area contributed by atoms with Gasteiger partial charge in [0.15, 0.2) is 0 Å². The van der Waals surface area contributed by atoms with Crippen LogP contribution in [0, 0.1) is 0 Å². The van der Waals surface area contributed by atoms with Crippen LogP contribution in [0.3, 0.4) is 0 Å². The first kappa shape index (κ1) is 40.0. The summed E-state index contributed by atoms with van der Waals surface area (Å²) in [6.45, 7) is 4.07. The number of aliphatic hydroxyl groups excluding tert-OH is 1. The highest BCUT2D eigenvalue weighted by molar-refractivity contribution is 7.47. The molecule has 5 N–H and O–H groups in total. The molecule has 0 rings (SSSR count). The number of hydrogen-bond donors (Lipinski definition) is 4. The van der Waals surface area contributed by atoms with Crippen molar-refractivity contribution in [2.24, 2.45) is 5.73 Å². The van der Waals surface area contributed by atoms with E-state index in [9.17, 15) is 19.4 Å². The van der Waals surface area contributed by atoms with Gasteiger partial charge in [-0.15, -0.1) is 0 Å². The minimum absolute atomic E-state index is 0.0860. The number of amides is 1. The molecule has 0 fully saturated rings. The smallest absolute Gasteiger partial charge is 0.391 e. The number of aliphatic hydroxyl groups is 1. The number of allylic oxidation sites excluding steroid dienone is 4. The summed E-state index contributed by atoms with van der Waals surface area (Å²) in [6, 6.07) is -0.776. The number of phosphoric ester groups is 1. The molecule has 0 aliphatic heterocycles. The van der Waals surface area contributed by atoms with Crippen LogP contribution in [0.25, 0.3) is 0 Å². The van der Waals surface area contributed by atoms with Crippen molar-refractivity contribution in [1.82, 2.24) is 5.32 Å². The van der Waals surface area contributed by atoms with Gasteiger partial charge < -0.3 is 21.1 Å². The molecule has 0 radical (unpaired) electrons. The molecule has 0 saturated heterocycles. The largest absolute Gasteiger partial charge is 0.472 e. The highest BCUT2D eigenvalue weighted by Gasteiger charge is 2.27. The third-order valence-corrected chi connectivity index (χ3v) is 8.02. The van der Waals surface area contributed by atoms with Crippen molar-refractivity contribution in [2.75, 3.05) is 19.8 Å². The van der Waals surface area contributed by atoms with Crippen LogP contribution in [-0.2, 0) is 18.4 Å². The van der Waals surface area contributed by atoms with E-state index in [0.717, 1.165) is 70.6 Å². The highest BCUT2D eigenvalue weighted by atomic mass is 31.2. The van der Waals surface area contributed by atoms with Crippen LogP contribution >= 0.6 is 7.82 Å². The predicted molar refractivity (Wildman–Crippen MR) is 171 cm³/mol. The molecular weight excluding hydrogens is 539 g/mol. The molecule has 9 heteroatoms. The molecule has 41 heavy (non-hydrogen) atoms. The van der Waals surface area contributed by atoms with Crippen molar-refractivity contribution in [3.63, 3.8) is 0 Å². The van der Waals surface area contributed by atoms with E-state index in [-0.39, 0.29) is 25.7 Å². The fraction of sp³-hybridized carbons (Fsp3) is 0.844. The number of unbranched alkanes of at least 4 members (excludes halogenated alkanes) is 14.